The Kier molecular flexibility index (Phi) is 5.79. The number of hydrogen-bond donors (Lipinski definition) is 1. The van der Waals surface area contributed by atoms with E-state index in [4.69, 9.17) is 9.15 Å². The number of carbonyl (C=O) groups is 1. The fourth-order valence-electron chi connectivity index (χ4n) is 3.70. The molecular formula is C21H27NO4. The van der Waals surface area contributed by atoms with Gasteiger partial charge in [0.1, 0.15) is 18.1 Å². The maximum Gasteiger partial charge on any atom is 0.343 e. The summed E-state index contributed by atoms with van der Waals surface area (Å²) in [7, 11) is 3.92. The molecular weight excluding hydrogens is 330 g/mol. The lowest BCUT2D eigenvalue weighted by Gasteiger charge is -2.32. The largest absolute Gasteiger partial charge is 0.461 e. The van der Waals surface area contributed by atoms with Gasteiger partial charge >= 0.3 is 5.97 Å². The number of ether oxygens (including phenoxy) is 1. The smallest absolute Gasteiger partial charge is 0.343 e. The van der Waals surface area contributed by atoms with Gasteiger partial charge in [-0.1, -0.05) is 43.2 Å². The summed E-state index contributed by atoms with van der Waals surface area (Å²) in [4.78, 5) is 14.9. The van der Waals surface area contributed by atoms with Gasteiger partial charge in [-0.15, -0.1) is 0 Å². The fraction of sp³-hybridized carbons (Fsp3) is 0.476. The second-order valence-electron chi connectivity index (χ2n) is 7.30. The average Bonchev–Trinajstić information content (AvgIpc) is 3.31. The minimum atomic E-state index is -1.60. The maximum atomic E-state index is 12.9. The summed E-state index contributed by atoms with van der Waals surface area (Å²) in [6.45, 7) is 0.706. The molecule has 0 amide bonds. The average molecular weight is 357 g/mol. The van der Waals surface area contributed by atoms with Crippen LogP contribution in [0.15, 0.2) is 46.9 Å². The van der Waals surface area contributed by atoms with Crippen molar-refractivity contribution in [2.45, 2.75) is 44.4 Å². The molecule has 5 heteroatoms. The van der Waals surface area contributed by atoms with Crippen LogP contribution in [0.2, 0.25) is 0 Å². The first-order chi connectivity index (χ1) is 12.5. The highest BCUT2D eigenvalue weighted by molar-refractivity contribution is 5.81. The predicted molar refractivity (Wildman–Crippen MR) is 98.2 cm³/mol. The molecule has 0 saturated heterocycles. The number of aliphatic hydroxyl groups is 1. The zero-order valence-electron chi connectivity index (χ0n) is 15.5. The molecule has 0 spiro atoms. The predicted octanol–water partition coefficient (Wildman–Crippen LogP) is 3.46. The minimum absolute atomic E-state index is 0.0219. The Morgan fingerprint density at radius 3 is 2.46 bits per heavy atom. The summed E-state index contributed by atoms with van der Waals surface area (Å²) in [6.07, 6.45) is 3.71. The first-order valence-corrected chi connectivity index (χ1v) is 9.17. The second-order valence-corrected chi connectivity index (χ2v) is 7.30. The van der Waals surface area contributed by atoms with Crippen molar-refractivity contribution in [1.29, 1.82) is 0 Å². The van der Waals surface area contributed by atoms with E-state index in [-0.39, 0.29) is 12.5 Å². The third-order valence-electron chi connectivity index (χ3n) is 5.01. The van der Waals surface area contributed by atoms with E-state index < -0.39 is 11.6 Å². The fourth-order valence-corrected chi connectivity index (χ4v) is 3.70. The van der Waals surface area contributed by atoms with Gasteiger partial charge < -0.3 is 19.2 Å². The summed E-state index contributed by atoms with van der Waals surface area (Å²) in [5.41, 5.74) is -0.999. The summed E-state index contributed by atoms with van der Waals surface area (Å²) in [5, 5.41) is 11.3. The van der Waals surface area contributed by atoms with Crippen molar-refractivity contribution in [1.82, 2.24) is 4.90 Å². The van der Waals surface area contributed by atoms with Crippen LogP contribution in [0.25, 0.3) is 0 Å². The highest BCUT2D eigenvalue weighted by Gasteiger charge is 2.47. The molecule has 1 aliphatic rings. The third kappa shape index (κ3) is 4.00. The van der Waals surface area contributed by atoms with Crippen molar-refractivity contribution in [2.24, 2.45) is 5.92 Å². The molecule has 0 radical (unpaired) electrons. The van der Waals surface area contributed by atoms with E-state index in [1.165, 1.54) is 0 Å². The van der Waals surface area contributed by atoms with Crippen LogP contribution in [0.4, 0.5) is 0 Å². The van der Waals surface area contributed by atoms with Crippen LogP contribution in [-0.2, 0) is 28.3 Å². The molecule has 1 heterocycles. The highest BCUT2D eigenvalue weighted by Crippen LogP contribution is 2.41. The molecule has 1 aromatic heterocycles. The van der Waals surface area contributed by atoms with Crippen molar-refractivity contribution in [2.75, 3.05) is 14.1 Å². The zero-order chi connectivity index (χ0) is 18.6. The third-order valence-corrected chi connectivity index (χ3v) is 5.01. The Labute approximate surface area is 154 Å². The van der Waals surface area contributed by atoms with Crippen LogP contribution in [0.1, 0.15) is 42.8 Å². The van der Waals surface area contributed by atoms with E-state index in [0.717, 1.165) is 31.4 Å². The number of rotatable bonds is 7. The van der Waals surface area contributed by atoms with Crippen LogP contribution in [0, 0.1) is 5.92 Å². The lowest BCUT2D eigenvalue weighted by Crippen LogP contribution is -2.43. The molecule has 1 atom stereocenters. The van der Waals surface area contributed by atoms with Gasteiger partial charge in [-0.3, -0.25) is 0 Å². The molecule has 3 rings (SSSR count). The molecule has 0 aliphatic heterocycles. The lowest BCUT2D eigenvalue weighted by molar-refractivity contribution is -0.175. The van der Waals surface area contributed by atoms with E-state index in [2.05, 4.69) is 0 Å². The number of benzene rings is 1. The maximum absolute atomic E-state index is 12.9. The Balaban J connectivity index is 1.73. The minimum Gasteiger partial charge on any atom is -0.461 e. The normalized spacial score (nSPS) is 17.4. The molecule has 0 unspecified atom stereocenters. The Bertz CT molecular complexity index is 719. The van der Waals surface area contributed by atoms with E-state index in [1.807, 2.05) is 49.3 Å². The standard InChI is InChI=1S/C21H27NO4/c1-22(2)14-18-12-13-19(26-18)15-25-20(23)21(24,17-10-6-7-11-17)16-8-4-3-5-9-16/h3-5,8-9,12-13,17,24H,6-7,10-11,14-15H2,1-2H3/t21-/m0/s1. The number of carbonyl (C=O) groups excluding carboxylic acids is 1. The van der Waals surface area contributed by atoms with Crippen LogP contribution in [-0.4, -0.2) is 30.1 Å². The quantitative estimate of drug-likeness (QED) is 0.769. The van der Waals surface area contributed by atoms with Gasteiger partial charge in [0.15, 0.2) is 5.60 Å². The van der Waals surface area contributed by atoms with Crippen molar-refractivity contribution >= 4 is 5.97 Å². The van der Waals surface area contributed by atoms with Crippen LogP contribution >= 0.6 is 0 Å². The van der Waals surface area contributed by atoms with Crippen molar-refractivity contribution in [3.63, 3.8) is 0 Å². The number of furan rings is 1. The summed E-state index contributed by atoms with van der Waals surface area (Å²) < 4.78 is 11.2. The molecule has 5 nitrogen and oxygen atoms in total. The van der Waals surface area contributed by atoms with E-state index in [0.29, 0.717) is 17.9 Å². The second kappa shape index (κ2) is 8.06. The van der Waals surface area contributed by atoms with Gasteiger partial charge in [-0.05, 0) is 44.6 Å². The van der Waals surface area contributed by atoms with E-state index in [9.17, 15) is 9.90 Å². The van der Waals surface area contributed by atoms with Crippen molar-refractivity contribution < 1.29 is 19.1 Å². The number of esters is 1. The molecule has 140 valence electrons. The van der Waals surface area contributed by atoms with Crippen molar-refractivity contribution in [3.05, 3.63) is 59.5 Å². The Hall–Kier alpha value is -2.11. The molecule has 1 saturated carbocycles. The van der Waals surface area contributed by atoms with Gasteiger partial charge in [0.05, 0.1) is 6.54 Å². The summed E-state index contributed by atoms with van der Waals surface area (Å²) in [5.74, 6) is 0.687. The van der Waals surface area contributed by atoms with Crippen LogP contribution < -0.4 is 0 Å². The molecule has 26 heavy (non-hydrogen) atoms. The van der Waals surface area contributed by atoms with Crippen LogP contribution in [0.5, 0.6) is 0 Å². The van der Waals surface area contributed by atoms with Gasteiger partial charge in [0.2, 0.25) is 0 Å². The number of hydrogen-bond acceptors (Lipinski definition) is 5. The van der Waals surface area contributed by atoms with E-state index >= 15 is 0 Å². The molecule has 1 N–H and O–H groups in total. The highest BCUT2D eigenvalue weighted by atomic mass is 16.6. The molecule has 0 bridgehead atoms. The SMILES string of the molecule is CN(C)Cc1ccc(COC(=O)[C@](O)(c2ccccc2)C2CCCC2)o1. The van der Waals surface area contributed by atoms with Gasteiger partial charge in [-0.2, -0.15) is 0 Å². The molecule has 2 aromatic rings. The Morgan fingerprint density at radius 2 is 1.81 bits per heavy atom. The topological polar surface area (TPSA) is 62.9 Å². The van der Waals surface area contributed by atoms with Gasteiger partial charge in [0.25, 0.3) is 0 Å². The van der Waals surface area contributed by atoms with Gasteiger partial charge in [0, 0.05) is 5.92 Å². The molecule has 1 fully saturated rings. The summed E-state index contributed by atoms with van der Waals surface area (Å²) in [6, 6.07) is 12.8. The van der Waals surface area contributed by atoms with E-state index in [1.54, 1.807) is 12.1 Å². The molecule has 1 aliphatic carbocycles. The Morgan fingerprint density at radius 1 is 1.15 bits per heavy atom. The molecule has 1 aromatic carbocycles. The zero-order valence-corrected chi connectivity index (χ0v) is 15.5. The lowest BCUT2D eigenvalue weighted by atomic mass is 9.80. The monoisotopic (exact) mass is 357 g/mol. The number of nitrogens with zero attached hydrogens (tertiary/aromatic N) is 1. The van der Waals surface area contributed by atoms with Gasteiger partial charge in [-0.25, -0.2) is 4.79 Å². The van der Waals surface area contributed by atoms with Crippen LogP contribution in [0.3, 0.4) is 0 Å². The van der Waals surface area contributed by atoms with Crippen molar-refractivity contribution in [3.8, 4) is 0 Å². The first kappa shape index (κ1) is 18.7. The first-order valence-electron chi connectivity index (χ1n) is 9.17. The summed E-state index contributed by atoms with van der Waals surface area (Å²) >= 11 is 0.